The fourth-order valence-electron chi connectivity index (χ4n) is 5.43. The van der Waals surface area contributed by atoms with Crippen LogP contribution in [0.5, 0.6) is 0 Å². The standard InChI is InChI=1S/C37H40N2O5/c1-3-19-42-37(41)38-23-29-11-7-12-31(20-29)32-13-8-14-33(21-32)36-43-34(25-39(2)24-27-9-5-4-6-10-27)22-35(44-36)30-17-15-28(26-40)16-18-30/h3-18,20-21,34-36,40H,1,19,22-26H2,2H3,(H,38,41). The van der Waals surface area contributed by atoms with E-state index in [9.17, 15) is 9.90 Å². The molecule has 4 aromatic carbocycles. The normalized spacial score (nSPS) is 18.1. The van der Waals surface area contributed by atoms with Crippen molar-refractivity contribution in [1.82, 2.24) is 10.2 Å². The van der Waals surface area contributed by atoms with Crippen LogP contribution in [-0.2, 0) is 33.9 Å². The molecule has 3 atom stereocenters. The number of amides is 1. The molecule has 0 aliphatic carbocycles. The third-order valence-corrected chi connectivity index (χ3v) is 7.61. The zero-order valence-corrected chi connectivity index (χ0v) is 25.1. The summed E-state index contributed by atoms with van der Waals surface area (Å²) in [5.41, 5.74) is 7.14. The zero-order chi connectivity index (χ0) is 30.7. The minimum absolute atomic E-state index is 0.00783. The molecule has 228 valence electrons. The Morgan fingerprint density at radius 1 is 0.909 bits per heavy atom. The maximum Gasteiger partial charge on any atom is 0.407 e. The quantitative estimate of drug-likeness (QED) is 0.174. The molecule has 0 aromatic heterocycles. The van der Waals surface area contributed by atoms with Gasteiger partial charge in [0, 0.05) is 31.6 Å². The highest BCUT2D eigenvalue weighted by Gasteiger charge is 2.33. The van der Waals surface area contributed by atoms with Crippen LogP contribution in [0.4, 0.5) is 4.79 Å². The Balaban J connectivity index is 1.34. The third kappa shape index (κ3) is 8.65. The molecule has 2 N–H and O–H groups in total. The van der Waals surface area contributed by atoms with Crippen molar-refractivity contribution in [2.45, 2.75) is 44.6 Å². The van der Waals surface area contributed by atoms with Crippen molar-refractivity contribution in [3.63, 3.8) is 0 Å². The van der Waals surface area contributed by atoms with Crippen LogP contribution in [0.15, 0.2) is 116 Å². The predicted octanol–water partition coefficient (Wildman–Crippen LogP) is 6.94. The Morgan fingerprint density at radius 2 is 1.64 bits per heavy atom. The molecule has 0 bridgehead atoms. The number of benzene rings is 4. The number of hydrogen-bond acceptors (Lipinski definition) is 6. The smallest absolute Gasteiger partial charge is 0.407 e. The molecule has 5 rings (SSSR count). The van der Waals surface area contributed by atoms with Crippen LogP contribution >= 0.6 is 0 Å². The van der Waals surface area contributed by atoms with E-state index in [1.165, 1.54) is 11.6 Å². The van der Waals surface area contributed by atoms with Crippen molar-refractivity contribution < 1.29 is 24.1 Å². The van der Waals surface area contributed by atoms with Crippen molar-refractivity contribution in [2.75, 3.05) is 20.2 Å². The average molecular weight is 593 g/mol. The summed E-state index contributed by atoms with van der Waals surface area (Å²) in [4.78, 5) is 14.2. The number of aliphatic hydroxyl groups excluding tert-OH is 1. The zero-order valence-electron chi connectivity index (χ0n) is 25.1. The number of carbonyl (C=O) groups excluding carboxylic acids is 1. The van der Waals surface area contributed by atoms with E-state index in [0.29, 0.717) is 6.54 Å². The molecular formula is C37H40N2O5. The first-order chi connectivity index (χ1) is 21.5. The van der Waals surface area contributed by atoms with Gasteiger partial charge in [-0.1, -0.05) is 104 Å². The van der Waals surface area contributed by atoms with Crippen LogP contribution < -0.4 is 5.32 Å². The van der Waals surface area contributed by atoms with Crippen molar-refractivity contribution in [1.29, 1.82) is 0 Å². The SMILES string of the molecule is C=CCOC(=O)NCc1cccc(-c2cccc(C3OC(CN(C)Cc4ccccc4)CC(c4ccc(CO)cc4)O3)c2)c1. The molecule has 1 heterocycles. The highest BCUT2D eigenvalue weighted by Crippen LogP contribution is 2.39. The van der Waals surface area contributed by atoms with Gasteiger partial charge in [0.15, 0.2) is 6.29 Å². The van der Waals surface area contributed by atoms with Crippen molar-refractivity contribution in [3.05, 3.63) is 144 Å². The van der Waals surface area contributed by atoms with Gasteiger partial charge >= 0.3 is 6.09 Å². The van der Waals surface area contributed by atoms with E-state index in [-0.39, 0.29) is 25.4 Å². The van der Waals surface area contributed by atoms with E-state index < -0.39 is 12.4 Å². The van der Waals surface area contributed by atoms with Gasteiger partial charge in [0.1, 0.15) is 6.61 Å². The van der Waals surface area contributed by atoms with Crippen LogP contribution in [0.3, 0.4) is 0 Å². The second-order valence-corrected chi connectivity index (χ2v) is 11.1. The lowest BCUT2D eigenvalue weighted by Crippen LogP contribution is -2.37. The van der Waals surface area contributed by atoms with Gasteiger partial charge < -0.3 is 24.6 Å². The molecule has 1 aliphatic heterocycles. The number of aliphatic hydroxyl groups is 1. The lowest BCUT2D eigenvalue weighted by molar-refractivity contribution is -0.252. The second-order valence-electron chi connectivity index (χ2n) is 11.1. The molecule has 7 heteroatoms. The van der Waals surface area contributed by atoms with Crippen LogP contribution in [0, 0.1) is 0 Å². The summed E-state index contributed by atoms with van der Waals surface area (Å²) in [6.07, 6.45) is 1.02. The predicted molar refractivity (Wildman–Crippen MR) is 171 cm³/mol. The molecule has 0 saturated carbocycles. The highest BCUT2D eigenvalue weighted by atomic mass is 16.7. The number of carbonyl (C=O) groups is 1. The van der Waals surface area contributed by atoms with Gasteiger partial charge in [-0.2, -0.15) is 0 Å². The summed E-state index contributed by atoms with van der Waals surface area (Å²) >= 11 is 0. The van der Waals surface area contributed by atoms with Gasteiger partial charge in [-0.25, -0.2) is 4.79 Å². The molecule has 1 aliphatic rings. The largest absolute Gasteiger partial charge is 0.445 e. The summed E-state index contributed by atoms with van der Waals surface area (Å²) in [7, 11) is 2.12. The van der Waals surface area contributed by atoms with E-state index in [0.717, 1.165) is 52.9 Å². The van der Waals surface area contributed by atoms with Gasteiger partial charge in [0.2, 0.25) is 0 Å². The minimum Gasteiger partial charge on any atom is -0.445 e. The van der Waals surface area contributed by atoms with Gasteiger partial charge in [0.25, 0.3) is 0 Å². The first kappa shape index (κ1) is 31.2. The summed E-state index contributed by atoms with van der Waals surface area (Å²) in [6.45, 7) is 5.68. The van der Waals surface area contributed by atoms with Crippen LogP contribution in [0.1, 0.15) is 46.6 Å². The average Bonchev–Trinajstić information content (AvgIpc) is 3.07. The summed E-state index contributed by atoms with van der Waals surface area (Å²) in [5.74, 6) is 0. The van der Waals surface area contributed by atoms with Crippen molar-refractivity contribution >= 4 is 6.09 Å². The molecule has 0 spiro atoms. The Labute approximate surface area is 259 Å². The number of rotatable bonds is 12. The summed E-state index contributed by atoms with van der Waals surface area (Å²) < 4.78 is 18.2. The number of nitrogens with one attached hydrogen (secondary N) is 1. The number of ether oxygens (including phenoxy) is 3. The van der Waals surface area contributed by atoms with Crippen LogP contribution in [-0.4, -0.2) is 42.4 Å². The van der Waals surface area contributed by atoms with Gasteiger partial charge in [-0.3, -0.25) is 4.90 Å². The monoisotopic (exact) mass is 592 g/mol. The first-order valence-electron chi connectivity index (χ1n) is 14.9. The highest BCUT2D eigenvalue weighted by molar-refractivity contribution is 5.68. The Bertz CT molecular complexity index is 1510. The third-order valence-electron chi connectivity index (χ3n) is 7.61. The van der Waals surface area contributed by atoms with Gasteiger partial charge in [0.05, 0.1) is 18.8 Å². The topological polar surface area (TPSA) is 80.3 Å². The van der Waals surface area contributed by atoms with Gasteiger partial charge in [-0.15, -0.1) is 0 Å². The second kappa shape index (κ2) is 15.5. The molecule has 1 saturated heterocycles. The number of hydrogen-bond donors (Lipinski definition) is 2. The van der Waals surface area contributed by atoms with Crippen LogP contribution in [0.2, 0.25) is 0 Å². The van der Waals surface area contributed by atoms with Crippen molar-refractivity contribution in [2.24, 2.45) is 0 Å². The number of likely N-dealkylation sites (N-methyl/N-ethyl adjacent to an activating group) is 1. The van der Waals surface area contributed by atoms with E-state index in [2.05, 4.69) is 66.3 Å². The van der Waals surface area contributed by atoms with E-state index in [1.807, 2.05) is 60.7 Å². The minimum atomic E-state index is -0.550. The summed E-state index contributed by atoms with van der Waals surface area (Å²) in [5, 5.41) is 12.3. The molecule has 7 nitrogen and oxygen atoms in total. The van der Waals surface area contributed by atoms with Crippen LogP contribution in [0.25, 0.3) is 11.1 Å². The Hall–Kier alpha value is -4.27. The van der Waals surface area contributed by atoms with E-state index in [1.54, 1.807) is 0 Å². The van der Waals surface area contributed by atoms with E-state index in [4.69, 9.17) is 14.2 Å². The molecule has 4 aromatic rings. The molecule has 1 fully saturated rings. The van der Waals surface area contributed by atoms with E-state index >= 15 is 0 Å². The Kier molecular flexibility index (Phi) is 10.9. The van der Waals surface area contributed by atoms with Gasteiger partial charge in [-0.05, 0) is 52.6 Å². The maximum absolute atomic E-state index is 11.9. The number of nitrogens with zero attached hydrogens (tertiary/aromatic N) is 1. The molecule has 44 heavy (non-hydrogen) atoms. The molecule has 1 amide bonds. The lowest BCUT2D eigenvalue weighted by Gasteiger charge is -2.38. The summed E-state index contributed by atoms with van der Waals surface area (Å²) in [6, 6.07) is 34.7. The fourth-order valence-corrected chi connectivity index (χ4v) is 5.43. The maximum atomic E-state index is 11.9. The first-order valence-corrected chi connectivity index (χ1v) is 14.9. The Morgan fingerprint density at radius 3 is 2.39 bits per heavy atom. The molecule has 3 unspecified atom stereocenters. The lowest BCUT2D eigenvalue weighted by atomic mass is 9.98. The molecular weight excluding hydrogens is 552 g/mol. The van der Waals surface area contributed by atoms with Crippen molar-refractivity contribution in [3.8, 4) is 11.1 Å². The fraction of sp³-hybridized carbons (Fsp3) is 0.270. The molecule has 0 radical (unpaired) electrons. The number of alkyl carbamates (subject to hydrolysis) is 1.